The second-order valence-corrected chi connectivity index (χ2v) is 7.13. The topological polar surface area (TPSA) is 83.6 Å². The number of H-pyrrole nitrogens is 1. The van der Waals surface area contributed by atoms with Crippen molar-refractivity contribution in [1.82, 2.24) is 20.6 Å². The number of aromatic amines is 1. The molecule has 3 aromatic rings. The summed E-state index contributed by atoms with van der Waals surface area (Å²) < 4.78 is 11.3. The molecule has 3 N–H and O–H groups in total. The lowest BCUT2D eigenvalue weighted by Crippen LogP contribution is -2.38. The number of aliphatic imine (C=N–C) groups is 1. The average Bonchev–Trinajstić information content (AvgIpc) is 3.20. The van der Waals surface area contributed by atoms with E-state index in [9.17, 15) is 0 Å². The Balaban J connectivity index is 1.40. The molecule has 1 aromatic heterocycles. The molecule has 2 aromatic carbocycles. The molecule has 0 saturated heterocycles. The predicted octanol–water partition coefficient (Wildman–Crippen LogP) is 3.70. The molecule has 0 aliphatic heterocycles. The molecule has 7 heteroatoms. The predicted molar refractivity (Wildman–Crippen MR) is 126 cm³/mol. The lowest BCUT2D eigenvalue weighted by atomic mass is 10.1. The van der Waals surface area contributed by atoms with Crippen LogP contribution in [-0.2, 0) is 12.8 Å². The number of aromatic nitrogens is 2. The summed E-state index contributed by atoms with van der Waals surface area (Å²) in [6.07, 6.45) is 2.73. The van der Waals surface area contributed by atoms with E-state index >= 15 is 0 Å². The summed E-state index contributed by atoms with van der Waals surface area (Å²) in [5, 5.41) is 6.74. The first-order chi connectivity index (χ1) is 15.2. The minimum absolute atomic E-state index is 0.617. The van der Waals surface area contributed by atoms with Gasteiger partial charge in [-0.1, -0.05) is 18.2 Å². The number of rotatable bonds is 11. The van der Waals surface area contributed by atoms with E-state index in [1.807, 2.05) is 38.1 Å². The highest BCUT2D eigenvalue weighted by atomic mass is 16.5. The molecule has 166 valence electrons. The largest absolute Gasteiger partial charge is 0.490 e. The lowest BCUT2D eigenvalue weighted by Gasteiger charge is -2.14. The van der Waals surface area contributed by atoms with Gasteiger partial charge in [0, 0.05) is 26.6 Å². The Hall–Kier alpha value is -3.22. The van der Waals surface area contributed by atoms with Gasteiger partial charge < -0.3 is 25.1 Å². The molecular formula is C24H33N5O2. The maximum atomic E-state index is 5.71. The molecule has 0 saturated carbocycles. The zero-order valence-electron chi connectivity index (χ0n) is 18.7. The molecule has 3 rings (SSSR count). The third kappa shape index (κ3) is 6.64. The van der Waals surface area contributed by atoms with E-state index in [1.165, 1.54) is 5.56 Å². The zero-order valence-corrected chi connectivity index (χ0v) is 18.7. The number of benzene rings is 2. The Kier molecular flexibility index (Phi) is 8.58. The average molecular weight is 424 g/mol. The monoisotopic (exact) mass is 423 g/mol. The number of nitrogens with one attached hydrogen (secondary N) is 3. The smallest absolute Gasteiger partial charge is 0.190 e. The summed E-state index contributed by atoms with van der Waals surface area (Å²) >= 11 is 0. The molecule has 0 fully saturated rings. The Bertz CT molecular complexity index is 950. The molecule has 7 nitrogen and oxygen atoms in total. The Morgan fingerprint density at radius 3 is 2.52 bits per heavy atom. The number of fused-ring (bicyclic) bond motifs is 1. The summed E-state index contributed by atoms with van der Waals surface area (Å²) in [5.41, 5.74) is 3.30. The minimum Gasteiger partial charge on any atom is -0.490 e. The van der Waals surface area contributed by atoms with Crippen LogP contribution in [0.15, 0.2) is 47.5 Å². The molecule has 31 heavy (non-hydrogen) atoms. The standard InChI is InChI=1S/C24H33N5O2/c1-4-30-21-13-12-18(17-22(21)31-5-2)14-16-27-24(25-3)26-15-8-11-23-28-19-9-6-7-10-20(19)29-23/h6-7,9-10,12-13,17H,4-5,8,11,14-16H2,1-3H3,(H,28,29)(H2,25,26,27). The molecule has 0 aliphatic rings. The van der Waals surface area contributed by atoms with Crippen LogP contribution in [0.4, 0.5) is 0 Å². The van der Waals surface area contributed by atoms with E-state index in [-0.39, 0.29) is 0 Å². The van der Waals surface area contributed by atoms with E-state index in [0.717, 1.165) is 66.7 Å². The van der Waals surface area contributed by atoms with Crippen molar-refractivity contribution in [3.05, 3.63) is 53.9 Å². The van der Waals surface area contributed by atoms with Gasteiger partial charge in [-0.15, -0.1) is 0 Å². The van der Waals surface area contributed by atoms with Crippen LogP contribution in [0.2, 0.25) is 0 Å². The van der Waals surface area contributed by atoms with Crippen molar-refractivity contribution >= 4 is 17.0 Å². The fraction of sp³-hybridized carbons (Fsp3) is 0.417. The molecule has 0 atom stereocenters. The molecule has 0 bridgehead atoms. The van der Waals surface area contributed by atoms with Crippen molar-refractivity contribution in [2.24, 2.45) is 4.99 Å². The number of guanidine groups is 1. The van der Waals surface area contributed by atoms with E-state index < -0.39 is 0 Å². The van der Waals surface area contributed by atoms with Gasteiger partial charge in [-0.2, -0.15) is 0 Å². The Morgan fingerprint density at radius 1 is 0.968 bits per heavy atom. The van der Waals surface area contributed by atoms with Crippen LogP contribution in [-0.4, -0.2) is 49.3 Å². The van der Waals surface area contributed by atoms with Crippen LogP contribution in [0, 0.1) is 0 Å². The molecule has 1 heterocycles. The van der Waals surface area contributed by atoms with E-state index in [0.29, 0.717) is 13.2 Å². The zero-order chi connectivity index (χ0) is 21.9. The summed E-state index contributed by atoms with van der Waals surface area (Å²) in [7, 11) is 1.79. The van der Waals surface area contributed by atoms with Crippen LogP contribution in [0.3, 0.4) is 0 Å². The second-order valence-electron chi connectivity index (χ2n) is 7.13. The van der Waals surface area contributed by atoms with Crippen LogP contribution < -0.4 is 20.1 Å². The second kappa shape index (κ2) is 11.8. The van der Waals surface area contributed by atoms with Gasteiger partial charge in [0.1, 0.15) is 5.82 Å². The molecule has 0 spiro atoms. The summed E-state index contributed by atoms with van der Waals surface area (Å²) in [4.78, 5) is 12.3. The quantitative estimate of drug-likeness (QED) is 0.249. The van der Waals surface area contributed by atoms with E-state index in [2.05, 4.69) is 43.8 Å². The van der Waals surface area contributed by atoms with Crippen molar-refractivity contribution in [2.75, 3.05) is 33.4 Å². The van der Waals surface area contributed by atoms with Crippen LogP contribution in [0.5, 0.6) is 11.5 Å². The van der Waals surface area contributed by atoms with E-state index in [4.69, 9.17) is 9.47 Å². The van der Waals surface area contributed by atoms with Gasteiger partial charge in [-0.3, -0.25) is 4.99 Å². The van der Waals surface area contributed by atoms with Crippen LogP contribution in [0.1, 0.15) is 31.7 Å². The maximum absolute atomic E-state index is 5.71. The van der Waals surface area contributed by atoms with Crippen molar-refractivity contribution in [1.29, 1.82) is 0 Å². The van der Waals surface area contributed by atoms with Gasteiger partial charge in [0.15, 0.2) is 17.5 Å². The summed E-state index contributed by atoms with van der Waals surface area (Å²) in [6, 6.07) is 14.2. The number of aryl methyl sites for hydroxylation is 1. The molecule has 0 aliphatic carbocycles. The van der Waals surface area contributed by atoms with Gasteiger partial charge in [0.05, 0.1) is 24.2 Å². The van der Waals surface area contributed by atoms with Gasteiger partial charge in [0.2, 0.25) is 0 Å². The third-order valence-corrected chi connectivity index (χ3v) is 4.86. The van der Waals surface area contributed by atoms with Crippen molar-refractivity contribution in [3.8, 4) is 11.5 Å². The van der Waals surface area contributed by atoms with E-state index in [1.54, 1.807) is 7.05 Å². The fourth-order valence-corrected chi connectivity index (χ4v) is 3.38. The summed E-state index contributed by atoms with van der Waals surface area (Å²) in [6.45, 7) is 6.80. The first kappa shape index (κ1) is 22.5. The van der Waals surface area contributed by atoms with Crippen molar-refractivity contribution in [2.45, 2.75) is 33.1 Å². The van der Waals surface area contributed by atoms with Crippen LogP contribution >= 0.6 is 0 Å². The number of imidazole rings is 1. The van der Waals surface area contributed by atoms with Crippen LogP contribution in [0.25, 0.3) is 11.0 Å². The number of hydrogen-bond acceptors (Lipinski definition) is 4. The minimum atomic E-state index is 0.617. The maximum Gasteiger partial charge on any atom is 0.190 e. The van der Waals surface area contributed by atoms with Crippen molar-refractivity contribution < 1.29 is 9.47 Å². The van der Waals surface area contributed by atoms with Gasteiger partial charge in [0.25, 0.3) is 0 Å². The number of para-hydroxylation sites is 2. The van der Waals surface area contributed by atoms with Gasteiger partial charge in [-0.05, 0) is 56.5 Å². The number of nitrogens with zero attached hydrogens (tertiary/aromatic N) is 2. The first-order valence-electron chi connectivity index (χ1n) is 11.0. The molecule has 0 unspecified atom stereocenters. The Labute approximate surface area is 184 Å². The van der Waals surface area contributed by atoms with Crippen molar-refractivity contribution in [3.63, 3.8) is 0 Å². The third-order valence-electron chi connectivity index (χ3n) is 4.86. The highest BCUT2D eigenvalue weighted by molar-refractivity contribution is 5.79. The first-order valence-corrected chi connectivity index (χ1v) is 11.0. The molecular weight excluding hydrogens is 390 g/mol. The molecule has 0 amide bonds. The fourth-order valence-electron chi connectivity index (χ4n) is 3.38. The molecule has 0 radical (unpaired) electrons. The Morgan fingerprint density at radius 2 is 1.74 bits per heavy atom. The lowest BCUT2D eigenvalue weighted by molar-refractivity contribution is 0.287. The summed E-state index contributed by atoms with van der Waals surface area (Å²) in [5.74, 6) is 3.42. The number of ether oxygens (including phenoxy) is 2. The highest BCUT2D eigenvalue weighted by Crippen LogP contribution is 2.28. The highest BCUT2D eigenvalue weighted by Gasteiger charge is 2.07. The number of hydrogen-bond donors (Lipinski definition) is 3. The van der Waals surface area contributed by atoms with Gasteiger partial charge in [-0.25, -0.2) is 4.98 Å². The SMILES string of the molecule is CCOc1ccc(CCNC(=NC)NCCCc2nc3ccccc3[nH]2)cc1OCC. The normalized spacial score (nSPS) is 11.5. The van der Waals surface area contributed by atoms with Gasteiger partial charge >= 0.3 is 0 Å².